The van der Waals surface area contributed by atoms with Crippen molar-refractivity contribution >= 4 is 0 Å². The first-order valence-electron chi connectivity index (χ1n) is 6.04. The van der Waals surface area contributed by atoms with Crippen LogP contribution in [0.1, 0.15) is 42.9 Å². The molecule has 0 bridgehead atoms. The van der Waals surface area contributed by atoms with Gasteiger partial charge in [-0.25, -0.2) is 8.78 Å². The van der Waals surface area contributed by atoms with E-state index in [1.807, 2.05) is 0 Å². The minimum atomic E-state index is -0.521. The normalized spacial score (nSPS) is 17.2. The third-order valence-electron chi connectivity index (χ3n) is 3.43. The second-order valence-corrected chi connectivity index (χ2v) is 4.83. The molecule has 3 N–H and O–H groups in total. The Kier molecular flexibility index (Phi) is 3.74. The summed E-state index contributed by atoms with van der Waals surface area (Å²) in [5.74, 6) is 5.14. The van der Waals surface area contributed by atoms with E-state index >= 15 is 0 Å². The monoisotopic (exact) mass is 240 g/mol. The number of hydrogen-bond donors (Lipinski definition) is 2. The molecule has 2 rings (SSSR count). The van der Waals surface area contributed by atoms with Crippen molar-refractivity contribution in [2.24, 2.45) is 11.8 Å². The average molecular weight is 240 g/mol. The summed E-state index contributed by atoms with van der Waals surface area (Å²) in [5, 5.41) is 0. The van der Waals surface area contributed by atoms with E-state index in [0.29, 0.717) is 12.0 Å². The third kappa shape index (κ3) is 2.82. The molecule has 0 amide bonds. The highest BCUT2D eigenvalue weighted by atomic mass is 19.1. The molecule has 1 fully saturated rings. The molecule has 0 aliphatic heterocycles. The lowest BCUT2D eigenvalue weighted by molar-refractivity contribution is 0.434. The summed E-state index contributed by atoms with van der Waals surface area (Å²) in [4.78, 5) is 0. The van der Waals surface area contributed by atoms with Gasteiger partial charge >= 0.3 is 0 Å². The van der Waals surface area contributed by atoms with Crippen LogP contribution in [0.3, 0.4) is 0 Å². The first kappa shape index (κ1) is 12.5. The topological polar surface area (TPSA) is 38.0 Å². The molecule has 4 heteroatoms. The minimum absolute atomic E-state index is 0.0770. The molecular weight excluding hydrogens is 222 g/mol. The average Bonchev–Trinajstić information content (AvgIpc) is 3.12. The lowest BCUT2D eigenvalue weighted by atomic mass is 9.98. The van der Waals surface area contributed by atoms with Crippen molar-refractivity contribution in [2.75, 3.05) is 0 Å². The molecule has 1 saturated carbocycles. The van der Waals surface area contributed by atoms with E-state index in [9.17, 15) is 8.78 Å². The van der Waals surface area contributed by atoms with Crippen molar-refractivity contribution in [3.05, 3.63) is 34.9 Å². The first-order chi connectivity index (χ1) is 8.13. The van der Waals surface area contributed by atoms with E-state index in [4.69, 9.17) is 5.84 Å². The molecule has 1 aromatic carbocycles. The van der Waals surface area contributed by atoms with Crippen LogP contribution in [0.15, 0.2) is 12.1 Å². The second kappa shape index (κ2) is 5.10. The Hall–Kier alpha value is -1.00. The van der Waals surface area contributed by atoms with Crippen molar-refractivity contribution in [1.82, 2.24) is 5.43 Å². The molecule has 1 unspecified atom stereocenters. The quantitative estimate of drug-likeness (QED) is 0.613. The predicted molar refractivity (Wildman–Crippen MR) is 63.1 cm³/mol. The van der Waals surface area contributed by atoms with Crippen LogP contribution in [0, 0.1) is 24.5 Å². The van der Waals surface area contributed by atoms with Gasteiger partial charge in [-0.1, -0.05) is 18.9 Å². The Morgan fingerprint density at radius 2 is 2.12 bits per heavy atom. The van der Waals surface area contributed by atoms with Crippen molar-refractivity contribution < 1.29 is 8.78 Å². The van der Waals surface area contributed by atoms with E-state index in [1.54, 1.807) is 6.92 Å². The smallest absolute Gasteiger partial charge is 0.133 e. The number of hydrogen-bond acceptors (Lipinski definition) is 2. The fraction of sp³-hybridized carbons (Fsp3) is 0.538. The molecule has 0 aromatic heterocycles. The molecule has 1 aliphatic rings. The van der Waals surface area contributed by atoms with Gasteiger partial charge in [0.05, 0.1) is 6.04 Å². The predicted octanol–water partition coefficient (Wildman–Crippen LogP) is 2.97. The molecule has 1 atom stereocenters. The highest BCUT2D eigenvalue weighted by molar-refractivity contribution is 5.29. The third-order valence-corrected chi connectivity index (χ3v) is 3.43. The van der Waals surface area contributed by atoms with Crippen LogP contribution in [-0.4, -0.2) is 0 Å². The number of halogens is 2. The minimum Gasteiger partial charge on any atom is -0.271 e. The fourth-order valence-corrected chi connectivity index (χ4v) is 2.12. The molecule has 1 aliphatic carbocycles. The van der Waals surface area contributed by atoms with Gasteiger partial charge < -0.3 is 0 Å². The highest BCUT2D eigenvalue weighted by Gasteiger charge is 2.25. The Morgan fingerprint density at radius 3 is 2.71 bits per heavy atom. The van der Waals surface area contributed by atoms with E-state index in [-0.39, 0.29) is 5.56 Å². The Morgan fingerprint density at radius 1 is 1.41 bits per heavy atom. The number of nitrogens with two attached hydrogens (primary N) is 1. The van der Waals surface area contributed by atoms with E-state index < -0.39 is 17.7 Å². The maximum atomic E-state index is 13.9. The molecule has 2 nitrogen and oxygen atoms in total. The van der Waals surface area contributed by atoms with Gasteiger partial charge in [-0.05, 0) is 37.3 Å². The van der Waals surface area contributed by atoms with Gasteiger partial charge in [0.15, 0.2) is 0 Å². The number of rotatable bonds is 5. The van der Waals surface area contributed by atoms with Crippen LogP contribution in [0.2, 0.25) is 0 Å². The summed E-state index contributed by atoms with van der Waals surface area (Å²) in [7, 11) is 0. The molecule has 1 aromatic rings. The largest absolute Gasteiger partial charge is 0.271 e. The summed E-state index contributed by atoms with van der Waals surface area (Å²) in [6.45, 7) is 1.63. The Labute approximate surface area is 100 Å². The van der Waals surface area contributed by atoms with E-state index in [0.717, 1.165) is 12.3 Å². The first-order valence-corrected chi connectivity index (χ1v) is 6.04. The summed E-state index contributed by atoms with van der Waals surface area (Å²) in [6, 6.07) is 2.31. The van der Waals surface area contributed by atoms with Gasteiger partial charge in [0.1, 0.15) is 11.6 Å². The molecule has 0 radical (unpaired) electrons. The van der Waals surface area contributed by atoms with Crippen molar-refractivity contribution in [3.8, 4) is 0 Å². The lowest BCUT2D eigenvalue weighted by Gasteiger charge is -2.18. The lowest BCUT2D eigenvalue weighted by Crippen LogP contribution is -2.29. The van der Waals surface area contributed by atoms with E-state index in [1.165, 1.54) is 25.0 Å². The van der Waals surface area contributed by atoms with Gasteiger partial charge in [-0.2, -0.15) is 0 Å². The Balaban J connectivity index is 2.18. The fourth-order valence-electron chi connectivity index (χ4n) is 2.12. The highest BCUT2D eigenvalue weighted by Crippen LogP contribution is 2.36. The zero-order valence-electron chi connectivity index (χ0n) is 9.97. The van der Waals surface area contributed by atoms with Gasteiger partial charge in [-0.3, -0.25) is 11.3 Å². The number of benzene rings is 1. The van der Waals surface area contributed by atoms with Gasteiger partial charge in [-0.15, -0.1) is 0 Å². The Bertz CT molecular complexity index is 403. The van der Waals surface area contributed by atoms with Gasteiger partial charge in [0, 0.05) is 5.56 Å². The molecular formula is C13H18F2N2. The maximum Gasteiger partial charge on any atom is 0.133 e. The molecule has 0 saturated heterocycles. The zero-order chi connectivity index (χ0) is 12.4. The van der Waals surface area contributed by atoms with Crippen molar-refractivity contribution in [2.45, 2.75) is 38.6 Å². The standard InChI is InChI=1S/C13H18F2N2/c1-8-2-6-10(14)12(13(8)15)11(17-16)7-5-9-3-4-9/h2,6,9,11,17H,3-5,7,16H2,1H3. The number of hydrazine groups is 1. The van der Waals surface area contributed by atoms with Crippen LogP contribution in [0.25, 0.3) is 0 Å². The second-order valence-electron chi connectivity index (χ2n) is 4.83. The van der Waals surface area contributed by atoms with Crippen molar-refractivity contribution in [3.63, 3.8) is 0 Å². The summed E-state index contributed by atoms with van der Waals surface area (Å²) in [5.41, 5.74) is 3.06. The zero-order valence-corrected chi connectivity index (χ0v) is 9.97. The van der Waals surface area contributed by atoms with Crippen LogP contribution < -0.4 is 11.3 Å². The van der Waals surface area contributed by atoms with Crippen LogP contribution in [0.4, 0.5) is 8.78 Å². The van der Waals surface area contributed by atoms with E-state index in [2.05, 4.69) is 5.43 Å². The molecule has 94 valence electrons. The summed E-state index contributed by atoms with van der Waals surface area (Å²) < 4.78 is 27.6. The molecule has 0 heterocycles. The summed E-state index contributed by atoms with van der Waals surface area (Å²) in [6.07, 6.45) is 4.12. The maximum absolute atomic E-state index is 13.9. The number of aryl methyl sites for hydroxylation is 1. The van der Waals surface area contributed by atoms with Crippen molar-refractivity contribution in [1.29, 1.82) is 0 Å². The van der Waals surface area contributed by atoms with Gasteiger partial charge in [0.2, 0.25) is 0 Å². The number of nitrogens with one attached hydrogen (secondary N) is 1. The van der Waals surface area contributed by atoms with Gasteiger partial charge in [0.25, 0.3) is 0 Å². The summed E-state index contributed by atoms with van der Waals surface area (Å²) >= 11 is 0. The van der Waals surface area contributed by atoms with Crippen LogP contribution in [0.5, 0.6) is 0 Å². The van der Waals surface area contributed by atoms with Crippen LogP contribution in [-0.2, 0) is 0 Å². The van der Waals surface area contributed by atoms with Crippen LogP contribution >= 0.6 is 0 Å². The molecule has 0 spiro atoms. The molecule has 17 heavy (non-hydrogen) atoms. The SMILES string of the molecule is Cc1ccc(F)c(C(CCC2CC2)NN)c1F.